The molecule has 1 aliphatic rings. The monoisotopic (exact) mass is 325 g/mol. The number of halogens is 1. The maximum Gasteiger partial charge on any atom is 0.258 e. The largest absolute Gasteiger partial charge is 0.457 e. The number of rotatable bonds is 2. The highest BCUT2D eigenvalue weighted by atomic mass is 79.9. The fourth-order valence-electron chi connectivity index (χ4n) is 2.39. The Balaban J connectivity index is 1.88. The van der Waals surface area contributed by atoms with Gasteiger partial charge >= 0.3 is 0 Å². The highest BCUT2D eigenvalue weighted by Crippen LogP contribution is 2.36. The van der Waals surface area contributed by atoms with Crippen molar-refractivity contribution in [1.82, 2.24) is 4.90 Å². The standard InChI is InChI=1S/C13H12BrNO2S/c14-12-9(5-7-17-12)13(16)15-6-1-3-10(15)11-4-2-8-18-11/h2,4-5,7-8,10H,1,3,6H2. The van der Waals surface area contributed by atoms with Crippen LogP contribution in [0.15, 0.2) is 38.9 Å². The van der Waals surface area contributed by atoms with Gasteiger partial charge in [0, 0.05) is 11.4 Å². The van der Waals surface area contributed by atoms with Crippen LogP contribution in [0.5, 0.6) is 0 Å². The lowest BCUT2D eigenvalue weighted by molar-refractivity contribution is 0.0736. The molecule has 0 bridgehead atoms. The molecule has 3 nitrogen and oxygen atoms in total. The summed E-state index contributed by atoms with van der Waals surface area (Å²) < 4.78 is 5.66. The van der Waals surface area contributed by atoms with Gasteiger partial charge in [0.2, 0.25) is 0 Å². The molecule has 5 heteroatoms. The molecule has 1 fully saturated rings. The molecule has 1 amide bonds. The molecule has 0 radical (unpaired) electrons. The van der Waals surface area contributed by atoms with E-state index in [1.54, 1.807) is 17.4 Å². The van der Waals surface area contributed by atoms with Crippen molar-refractivity contribution < 1.29 is 9.21 Å². The topological polar surface area (TPSA) is 33.5 Å². The lowest BCUT2D eigenvalue weighted by atomic mass is 10.1. The predicted molar refractivity (Wildman–Crippen MR) is 73.7 cm³/mol. The highest BCUT2D eigenvalue weighted by Gasteiger charge is 2.32. The fraction of sp³-hybridized carbons (Fsp3) is 0.308. The van der Waals surface area contributed by atoms with E-state index >= 15 is 0 Å². The number of amides is 1. The van der Waals surface area contributed by atoms with E-state index < -0.39 is 0 Å². The maximum atomic E-state index is 12.5. The van der Waals surface area contributed by atoms with E-state index in [9.17, 15) is 4.79 Å². The lowest BCUT2D eigenvalue weighted by Gasteiger charge is -2.23. The first-order valence-electron chi connectivity index (χ1n) is 5.85. The van der Waals surface area contributed by atoms with Crippen molar-refractivity contribution in [3.05, 3.63) is 45.0 Å². The van der Waals surface area contributed by atoms with Crippen molar-refractivity contribution in [3.8, 4) is 0 Å². The summed E-state index contributed by atoms with van der Waals surface area (Å²) in [5.74, 6) is 0.0477. The van der Waals surface area contributed by atoms with Crippen molar-refractivity contribution in [2.45, 2.75) is 18.9 Å². The summed E-state index contributed by atoms with van der Waals surface area (Å²) in [4.78, 5) is 15.7. The van der Waals surface area contributed by atoms with E-state index in [0.717, 1.165) is 19.4 Å². The van der Waals surface area contributed by atoms with Gasteiger partial charge in [0.25, 0.3) is 5.91 Å². The molecule has 0 saturated carbocycles. The number of hydrogen-bond donors (Lipinski definition) is 0. The smallest absolute Gasteiger partial charge is 0.258 e. The third-order valence-electron chi connectivity index (χ3n) is 3.23. The Morgan fingerprint density at radius 1 is 1.50 bits per heavy atom. The lowest BCUT2D eigenvalue weighted by Crippen LogP contribution is -2.30. The van der Waals surface area contributed by atoms with Crippen LogP contribution in [0, 0.1) is 0 Å². The number of hydrogen-bond acceptors (Lipinski definition) is 3. The first kappa shape index (κ1) is 12.0. The molecule has 2 aromatic heterocycles. The van der Waals surface area contributed by atoms with Crippen LogP contribution in [0.4, 0.5) is 0 Å². The van der Waals surface area contributed by atoms with E-state index in [2.05, 4.69) is 27.4 Å². The molecule has 0 N–H and O–H groups in total. The van der Waals surface area contributed by atoms with Crippen molar-refractivity contribution in [1.29, 1.82) is 0 Å². The summed E-state index contributed by atoms with van der Waals surface area (Å²) in [7, 11) is 0. The predicted octanol–water partition coefficient (Wildman–Crippen LogP) is 4.08. The van der Waals surface area contributed by atoms with Crippen LogP contribution in [0.25, 0.3) is 0 Å². The Kier molecular flexibility index (Phi) is 3.26. The number of carbonyl (C=O) groups excluding carboxylic acids is 1. The molecule has 1 atom stereocenters. The number of carbonyl (C=O) groups is 1. The second-order valence-electron chi connectivity index (χ2n) is 4.28. The van der Waals surface area contributed by atoms with Gasteiger partial charge in [-0.3, -0.25) is 4.79 Å². The second kappa shape index (κ2) is 4.90. The third kappa shape index (κ3) is 2.01. The zero-order valence-corrected chi connectivity index (χ0v) is 12.0. The van der Waals surface area contributed by atoms with Gasteiger partial charge in [-0.05, 0) is 46.3 Å². The first-order valence-corrected chi connectivity index (χ1v) is 7.52. The molecule has 94 valence electrons. The Labute approximate surface area is 118 Å². The molecule has 0 aromatic carbocycles. The number of furan rings is 1. The van der Waals surface area contributed by atoms with Crippen LogP contribution in [-0.4, -0.2) is 17.4 Å². The molecule has 1 saturated heterocycles. The Bertz CT molecular complexity index is 549. The molecule has 1 aliphatic heterocycles. The average molecular weight is 326 g/mol. The Morgan fingerprint density at radius 3 is 3.06 bits per heavy atom. The molecule has 2 aromatic rings. The Hall–Kier alpha value is -1.07. The van der Waals surface area contributed by atoms with Gasteiger partial charge in [0.1, 0.15) is 0 Å². The highest BCUT2D eigenvalue weighted by molar-refractivity contribution is 9.10. The normalized spacial score (nSPS) is 19.4. The zero-order valence-electron chi connectivity index (χ0n) is 9.64. The second-order valence-corrected chi connectivity index (χ2v) is 5.98. The van der Waals surface area contributed by atoms with Crippen LogP contribution in [-0.2, 0) is 0 Å². The molecule has 3 rings (SSSR count). The van der Waals surface area contributed by atoms with Gasteiger partial charge in [0.05, 0.1) is 17.9 Å². The summed E-state index contributed by atoms with van der Waals surface area (Å²) >= 11 is 4.98. The molecule has 0 aliphatic carbocycles. The number of likely N-dealkylation sites (tertiary alicyclic amines) is 1. The van der Waals surface area contributed by atoms with E-state index in [4.69, 9.17) is 4.42 Å². The maximum absolute atomic E-state index is 12.5. The van der Waals surface area contributed by atoms with Crippen LogP contribution in [0.1, 0.15) is 34.1 Å². The van der Waals surface area contributed by atoms with Crippen LogP contribution in [0.2, 0.25) is 0 Å². The average Bonchev–Trinajstić information content (AvgIpc) is 3.09. The van der Waals surface area contributed by atoms with Gasteiger partial charge in [-0.1, -0.05) is 6.07 Å². The van der Waals surface area contributed by atoms with Crippen LogP contribution >= 0.6 is 27.3 Å². The number of thiophene rings is 1. The van der Waals surface area contributed by atoms with Gasteiger partial charge in [-0.2, -0.15) is 0 Å². The van der Waals surface area contributed by atoms with Gasteiger partial charge in [-0.25, -0.2) is 0 Å². The molecular weight excluding hydrogens is 314 g/mol. The summed E-state index contributed by atoms with van der Waals surface area (Å²) in [5.41, 5.74) is 0.610. The van der Waals surface area contributed by atoms with Gasteiger partial charge in [-0.15, -0.1) is 11.3 Å². The fourth-order valence-corrected chi connectivity index (χ4v) is 3.67. The van der Waals surface area contributed by atoms with Gasteiger partial charge < -0.3 is 9.32 Å². The molecule has 3 heterocycles. The minimum atomic E-state index is 0.0477. The quantitative estimate of drug-likeness (QED) is 0.833. The molecule has 1 unspecified atom stereocenters. The van der Waals surface area contributed by atoms with E-state index in [-0.39, 0.29) is 11.9 Å². The molecular formula is C13H12BrNO2S. The van der Waals surface area contributed by atoms with Gasteiger partial charge in [0.15, 0.2) is 4.67 Å². The first-order chi connectivity index (χ1) is 8.77. The zero-order chi connectivity index (χ0) is 12.5. The van der Waals surface area contributed by atoms with Crippen molar-refractivity contribution in [2.24, 2.45) is 0 Å². The van der Waals surface area contributed by atoms with E-state index in [1.165, 1.54) is 11.1 Å². The van der Waals surface area contributed by atoms with E-state index in [1.807, 2.05) is 11.0 Å². The van der Waals surface area contributed by atoms with Crippen molar-refractivity contribution >= 4 is 33.2 Å². The molecule has 0 spiro atoms. The SMILES string of the molecule is O=C(c1ccoc1Br)N1CCCC1c1cccs1. The summed E-state index contributed by atoms with van der Waals surface area (Å²) in [5, 5.41) is 2.06. The minimum absolute atomic E-state index is 0.0477. The van der Waals surface area contributed by atoms with Crippen molar-refractivity contribution in [2.75, 3.05) is 6.54 Å². The number of nitrogens with zero attached hydrogens (tertiary/aromatic N) is 1. The minimum Gasteiger partial charge on any atom is -0.457 e. The summed E-state index contributed by atoms with van der Waals surface area (Å²) in [6.07, 6.45) is 3.64. The third-order valence-corrected chi connectivity index (χ3v) is 4.82. The molecule has 18 heavy (non-hydrogen) atoms. The van der Waals surface area contributed by atoms with Crippen LogP contribution in [0.3, 0.4) is 0 Å². The van der Waals surface area contributed by atoms with Crippen LogP contribution < -0.4 is 0 Å². The van der Waals surface area contributed by atoms with Crippen molar-refractivity contribution in [3.63, 3.8) is 0 Å². The Morgan fingerprint density at radius 2 is 2.39 bits per heavy atom. The summed E-state index contributed by atoms with van der Waals surface area (Å²) in [6, 6.07) is 6.08. The van der Waals surface area contributed by atoms with E-state index in [0.29, 0.717) is 10.2 Å². The summed E-state index contributed by atoms with van der Waals surface area (Å²) in [6.45, 7) is 0.818.